The van der Waals surface area contributed by atoms with Gasteiger partial charge in [0.05, 0.1) is 29.6 Å². The van der Waals surface area contributed by atoms with Crippen molar-refractivity contribution in [3.05, 3.63) is 65.6 Å². The lowest BCUT2D eigenvalue weighted by Gasteiger charge is -2.13. The van der Waals surface area contributed by atoms with Gasteiger partial charge in [-0.1, -0.05) is 6.07 Å². The van der Waals surface area contributed by atoms with Gasteiger partial charge in [-0.3, -0.25) is 0 Å². The first-order valence-corrected chi connectivity index (χ1v) is 10.2. The predicted molar refractivity (Wildman–Crippen MR) is 117 cm³/mol. The summed E-state index contributed by atoms with van der Waals surface area (Å²) in [6.07, 6.45) is -4.06. The van der Waals surface area contributed by atoms with E-state index in [4.69, 9.17) is 4.74 Å². The standard InChI is InChI=1S/C23H18F4N4O4/c1-12-8-13(2-4-15(12)22(33)34)18-11-29-21-17(28-7-6-23(25,26)27)10-20(30-31(18)21)35-19-5-3-14(32)9-16(19)24/h2-5,8-11,28,32H,6-7H2,1H3,(H,33,34). The molecule has 2 heterocycles. The van der Waals surface area contributed by atoms with Gasteiger partial charge in [0.25, 0.3) is 0 Å². The van der Waals surface area contributed by atoms with Gasteiger partial charge in [0, 0.05) is 24.2 Å². The van der Waals surface area contributed by atoms with Crippen molar-refractivity contribution in [2.75, 3.05) is 11.9 Å². The summed E-state index contributed by atoms with van der Waals surface area (Å²) in [5, 5.41) is 25.6. The van der Waals surface area contributed by atoms with Crippen molar-refractivity contribution in [1.82, 2.24) is 14.6 Å². The molecule has 0 aliphatic carbocycles. The molecule has 4 rings (SSSR count). The molecule has 4 aromatic rings. The molecule has 2 aromatic heterocycles. The minimum absolute atomic E-state index is 0.108. The van der Waals surface area contributed by atoms with Gasteiger partial charge < -0.3 is 20.3 Å². The zero-order valence-corrected chi connectivity index (χ0v) is 18.1. The number of phenolic OH excluding ortho intramolecular Hbond substituents is 1. The topological polar surface area (TPSA) is 109 Å². The number of phenols is 1. The summed E-state index contributed by atoms with van der Waals surface area (Å²) in [6.45, 7) is 1.17. The Morgan fingerprint density at radius 2 is 1.94 bits per heavy atom. The van der Waals surface area contributed by atoms with Crippen LogP contribution in [0.1, 0.15) is 22.3 Å². The highest BCUT2D eigenvalue weighted by atomic mass is 19.4. The number of aromatic hydroxyl groups is 1. The number of hydrogen-bond acceptors (Lipinski definition) is 6. The molecule has 12 heteroatoms. The van der Waals surface area contributed by atoms with Crippen LogP contribution in [0.5, 0.6) is 17.4 Å². The number of alkyl halides is 3. The first-order valence-electron chi connectivity index (χ1n) is 10.2. The number of rotatable bonds is 7. The van der Waals surface area contributed by atoms with Crippen molar-refractivity contribution >= 4 is 17.3 Å². The molecule has 35 heavy (non-hydrogen) atoms. The van der Waals surface area contributed by atoms with Crippen LogP contribution >= 0.6 is 0 Å². The minimum atomic E-state index is -4.38. The molecule has 0 bridgehead atoms. The minimum Gasteiger partial charge on any atom is -0.508 e. The highest BCUT2D eigenvalue weighted by Gasteiger charge is 2.26. The van der Waals surface area contributed by atoms with Crippen LogP contribution in [0.2, 0.25) is 0 Å². The third kappa shape index (κ3) is 5.26. The van der Waals surface area contributed by atoms with Crippen LogP contribution in [0, 0.1) is 12.7 Å². The number of carboxylic acids is 1. The Morgan fingerprint density at radius 3 is 2.60 bits per heavy atom. The Labute approximate surface area is 195 Å². The van der Waals surface area contributed by atoms with E-state index in [-0.39, 0.29) is 34.3 Å². The number of imidazole rings is 1. The van der Waals surface area contributed by atoms with Gasteiger partial charge in [0.2, 0.25) is 5.88 Å². The Morgan fingerprint density at radius 1 is 1.17 bits per heavy atom. The molecule has 0 aliphatic heterocycles. The summed E-state index contributed by atoms with van der Waals surface area (Å²) in [4.78, 5) is 15.6. The number of aromatic carboxylic acids is 1. The molecule has 3 N–H and O–H groups in total. The predicted octanol–water partition coefficient (Wildman–Crippen LogP) is 5.40. The Balaban J connectivity index is 1.79. The van der Waals surface area contributed by atoms with E-state index in [0.717, 1.165) is 6.07 Å². The zero-order chi connectivity index (χ0) is 25.3. The number of benzene rings is 2. The van der Waals surface area contributed by atoms with Crippen molar-refractivity contribution in [3.63, 3.8) is 0 Å². The molecule has 0 fully saturated rings. The third-order valence-corrected chi connectivity index (χ3v) is 5.05. The number of halogens is 4. The van der Waals surface area contributed by atoms with Gasteiger partial charge >= 0.3 is 12.1 Å². The summed E-state index contributed by atoms with van der Waals surface area (Å²) in [5.74, 6) is -2.70. The smallest absolute Gasteiger partial charge is 0.390 e. The molecule has 0 radical (unpaired) electrons. The number of carbonyl (C=O) groups is 1. The van der Waals surface area contributed by atoms with Gasteiger partial charge in [-0.25, -0.2) is 18.7 Å². The van der Waals surface area contributed by atoms with E-state index in [2.05, 4.69) is 15.4 Å². The van der Waals surface area contributed by atoms with Crippen LogP contribution in [0.15, 0.2) is 48.7 Å². The lowest BCUT2D eigenvalue weighted by molar-refractivity contribution is -0.131. The largest absolute Gasteiger partial charge is 0.508 e. The molecular formula is C23H18F4N4O4. The van der Waals surface area contributed by atoms with Gasteiger partial charge in [-0.05, 0) is 36.8 Å². The van der Waals surface area contributed by atoms with Crippen molar-refractivity contribution in [3.8, 4) is 28.6 Å². The van der Waals surface area contributed by atoms with E-state index >= 15 is 0 Å². The monoisotopic (exact) mass is 490 g/mol. The summed E-state index contributed by atoms with van der Waals surface area (Å²) in [7, 11) is 0. The number of nitrogens with one attached hydrogen (secondary N) is 1. The van der Waals surface area contributed by atoms with E-state index in [1.165, 1.54) is 35.0 Å². The molecule has 0 spiro atoms. The number of ether oxygens (including phenoxy) is 1. The fourth-order valence-electron chi connectivity index (χ4n) is 3.41. The van der Waals surface area contributed by atoms with Gasteiger partial charge in [0.1, 0.15) is 5.75 Å². The van der Waals surface area contributed by atoms with Crippen LogP contribution in [-0.4, -0.2) is 43.5 Å². The highest BCUT2D eigenvalue weighted by Crippen LogP contribution is 2.32. The van der Waals surface area contributed by atoms with Crippen molar-refractivity contribution in [2.24, 2.45) is 0 Å². The van der Waals surface area contributed by atoms with Crippen molar-refractivity contribution in [1.29, 1.82) is 0 Å². The summed E-state index contributed by atoms with van der Waals surface area (Å²) < 4.78 is 59.0. The Kier molecular flexibility index (Phi) is 6.20. The number of anilines is 1. The van der Waals surface area contributed by atoms with Gasteiger partial charge in [-0.2, -0.15) is 13.2 Å². The fourth-order valence-corrected chi connectivity index (χ4v) is 3.41. The maximum Gasteiger partial charge on any atom is 0.390 e. The van der Waals surface area contributed by atoms with Gasteiger partial charge in [-0.15, -0.1) is 5.10 Å². The molecule has 182 valence electrons. The molecule has 0 saturated heterocycles. The number of carboxylic acid groups (broad SMARTS) is 1. The van der Waals surface area contributed by atoms with Crippen LogP contribution in [-0.2, 0) is 0 Å². The molecule has 0 aliphatic rings. The van der Waals surface area contributed by atoms with E-state index < -0.39 is 30.9 Å². The van der Waals surface area contributed by atoms with Crippen molar-refractivity contribution < 1.29 is 37.3 Å². The van der Waals surface area contributed by atoms with Crippen LogP contribution in [0.4, 0.5) is 23.2 Å². The Bertz CT molecular complexity index is 1420. The molecule has 0 atom stereocenters. The number of hydrogen-bond donors (Lipinski definition) is 3. The average molecular weight is 490 g/mol. The van der Waals surface area contributed by atoms with Crippen molar-refractivity contribution in [2.45, 2.75) is 19.5 Å². The van der Waals surface area contributed by atoms with E-state index in [1.54, 1.807) is 19.1 Å². The quantitative estimate of drug-likeness (QED) is 0.298. The number of aryl methyl sites for hydroxylation is 1. The Hall–Kier alpha value is -4.35. The molecule has 8 nitrogen and oxygen atoms in total. The number of fused-ring (bicyclic) bond motifs is 1. The molecular weight excluding hydrogens is 472 g/mol. The second kappa shape index (κ2) is 9.12. The fraction of sp³-hybridized carbons (Fsp3) is 0.174. The average Bonchev–Trinajstić information content (AvgIpc) is 3.18. The highest BCUT2D eigenvalue weighted by molar-refractivity contribution is 5.90. The summed E-state index contributed by atoms with van der Waals surface area (Å²) in [6, 6.07) is 9.08. The van der Waals surface area contributed by atoms with Gasteiger partial charge in [0.15, 0.2) is 17.2 Å². The van der Waals surface area contributed by atoms with E-state index in [9.17, 15) is 32.6 Å². The van der Waals surface area contributed by atoms with E-state index in [0.29, 0.717) is 16.8 Å². The maximum absolute atomic E-state index is 14.2. The van der Waals surface area contributed by atoms with E-state index in [1.807, 2.05) is 0 Å². The lowest BCUT2D eigenvalue weighted by Crippen LogP contribution is -2.15. The second-order valence-electron chi connectivity index (χ2n) is 7.62. The van der Waals surface area contributed by atoms with Crippen LogP contribution in [0.3, 0.4) is 0 Å². The summed E-state index contributed by atoms with van der Waals surface area (Å²) >= 11 is 0. The molecule has 0 saturated carbocycles. The third-order valence-electron chi connectivity index (χ3n) is 5.05. The first-order chi connectivity index (χ1) is 16.5. The number of aromatic nitrogens is 3. The molecule has 0 unspecified atom stereocenters. The van der Waals surface area contributed by atoms with Crippen LogP contribution < -0.4 is 10.1 Å². The molecule has 0 amide bonds. The summed E-state index contributed by atoms with van der Waals surface area (Å²) in [5.41, 5.74) is 1.87. The van der Waals surface area contributed by atoms with Crippen LogP contribution in [0.25, 0.3) is 16.9 Å². The second-order valence-corrected chi connectivity index (χ2v) is 7.62. The maximum atomic E-state index is 14.2. The normalized spacial score (nSPS) is 11.6. The first kappa shape index (κ1) is 23.8. The lowest BCUT2D eigenvalue weighted by atomic mass is 10.0. The molecule has 2 aromatic carbocycles. The SMILES string of the molecule is Cc1cc(-c2cnc3c(NCCC(F)(F)F)cc(Oc4ccc(O)cc4F)nn23)ccc1C(=O)O. The zero-order valence-electron chi connectivity index (χ0n) is 18.1. The number of nitrogens with zero attached hydrogens (tertiary/aromatic N) is 3.